The normalized spacial score (nSPS) is 27.6. The third-order valence-corrected chi connectivity index (χ3v) is 24.6. The molecule has 0 unspecified atom stereocenters. The second-order valence-electron chi connectivity index (χ2n) is 25.1. The summed E-state index contributed by atoms with van der Waals surface area (Å²) in [5, 5.41) is 7.39. The van der Waals surface area contributed by atoms with Crippen molar-refractivity contribution in [1.29, 1.82) is 0 Å². The van der Waals surface area contributed by atoms with Crippen LogP contribution in [0.25, 0.3) is 32.3 Å². The number of hydrogen-bond acceptors (Lipinski definition) is 8. The summed E-state index contributed by atoms with van der Waals surface area (Å²) in [4.78, 5) is 0. The van der Waals surface area contributed by atoms with E-state index in [9.17, 15) is 0 Å². The molecule has 8 nitrogen and oxygen atoms in total. The first kappa shape index (κ1) is 57.0. The Kier molecular flexibility index (Phi) is 18.5. The van der Waals surface area contributed by atoms with E-state index in [0.717, 1.165) is 61.6 Å². The van der Waals surface area contributed by atoms with Crippen molar-refractivity contribution in [3.05, 3.63) is 156 Å². The molecular weight excluding hydrogens is 985 g/mol. The molecule has 0 saturated carbocycles. The molecule has 6 aromatic carbocycles. The van der Waals surface area contributed by atoms with Crippen molar-refractivity contribution >= 4 is 40.6 Å². The molecule has 10 rings (SSSR count). The zero-order chi connectivity index (χ0) is 54.6. The highest BCUT2D eigenvalue weighted by molar-refractivity contribution is 6.77. The Morgan fingerprint density at radius 3 is 1.78 bits per heavy atom. The van der Waals surface area contributed by atoms with E-state index in [1.54, 1.807) is 0 Å². The maximum absolute atomic E-state index is 7.53. The van der Waals surface area contributed by atoms with Crippen LogP contribution in [0.1, 0.15) is 130 Å². The van der Waals surface area contributed by atoms with Crippen LogP contribution >= 0.6 is 0 Å². The maximum Gasteiger partial charge on any atom is 0.200 e. The fourth-order valence-electron chi connectivity index (χ4n) is 14.4. The van der Waals surface area contributed by atoms with Crippen LogP contribution in [-0.2, 0) is 57.4 Å². The Balaban J connectivity index is 0.866. The van der Waals surface area contributed by atoms with E-state index in [1.165, 1.54) is 37.9 Å². The fraction of sp³-hybridized carbons (Fsp3) is 0.536. The molecule has 0 amide bonds. The van der Waals surface area contributed by atoms with Crippen molar-refractivity contribution in [2.45, 2.75) is 211 Å². The highest BCUT2D eigenvalue weighted by Crippen LogP contribution is 2.47. The Labute approximate surface area is 468 Å². The van der Waals surface area contributed by atoms with Gasteiger partial charge in [0.15, 0.2) is 8.32 Å². The zero-order valence-corrected chi connectivity index (χ0v) is 49.4. The van der Waals surface area contributed by atoms with Gasteiger partial charge < -0.3 is 37.6 Å². The molecular formula is C69H90O8Si. The molecule has 6 aromatic rings. The summed E-state index contributed by atoms with van der Waals surface area (Å²) >= 11 is 0. The lowest BCUT2D eigenvalue weighted by Crippen LogP contribution is -2.61. The molecule has 78 heavy (non-hydrogen) atoms. The first-order valence-corrected chi connectivity index (χ1v) is 32.0. The van der Waals surface area contributed by atoms with E-state index in [4.69, 9.17) is 37.6 Å². The van der Waals surface area contributed by atoms with Crippen LogP contribution in [-0.4, -0.2) is 82.1 Å². The van der Waals surface area contributed by atoms with Gasteiger partial charge in [-0.3, -0.25) is 0 Å². The Bertz CT molecular complexity index is 2910. The van der Waals surface area contributed by atoms with Gasteiger partial charge in [-0.2, -0.15) is 0 Å². The minimum atomic E-state index is -2.13. The van der Waals surface area contributed by atoms with Crippen LogP contribution in [0.5, 0.6) is 0 Å². The molecule has 12 atom stereocenters. The van der Waals surface area contributed by atoms with Gasteiger partial charge in [-0.15, -0.1) is 0 Å². The predicted octanol–water partition coefficient (Wildman–Crippen LogP) is 16.4. The van der Waals surface area contributed by atoms with Crippen molar-refractivity contribution in [3.8, 4) is 0 Å². The fourth-order valence-corrected chi connectivity index (χ4v) is 19.9. The van der Waals surface area contributed by atoms with Crippen LogP contribution in [0.2, 0.25) is 16.6 Å². The van der Waals surface area contributed by atoms with E-state index in [2.05, 4.69) is 196 Å². The Hall–Kier alpha value is -4.26. The van der Waals surface area contributed by atoms with Crippen LogP contribution in [0.3, 0.4) is 0 Å². The molecule has 0 aromatic heterocycles. The summed E-state index contributed by atoms with van der Waals surface area (Å²) < 4.78 is 56.8. The van der Waals surface area contributed by atoms with Gasteiger partial charge >= 0.3 is 0 Å². The number of benzene rings is 6. The zero-order valence-electron chi connectivity index (χ0n) is 48.4. The van der Waals surface area contributed by atoms with Crippen molar-refractivity contribution in [2.75, 3.05) is 13.2 Å². The highest BCUT2D eigenvalue weighted by Gasteiger charge is 2.54. The number of hydrogen-bond donors (Lipinski definition) is 0. The molecule has 4 aliphatic heterocycles. The number of ether oxygens (including phenoxy) is 7. The van der Waals surface area contributed by atoms with Crippen molar-refractivity contribution in [2.24, 2.45) is 11.8 Å². The Morgan fingerprint density at radius 1 is 0.628 bits per heavy atom. The summed E-state index contributed by atoms with van der Waals surface area (Å²) in [5.41, 5.74) is 5.52. The van der Waals surface area contributed by atoms with Gasteiger partial charge in [0.05, 0.1) is 80.9 Å². The summed E-state index contributed by atoms with van der Waals surface area (Å²) in [6.07, 6.45) is 5.42. The van der Waals surface area contributed by atoms with Gasteiger partial charge in [-0.25, -0.2) is 0 Å². The lowest BCUT2D eigenvalue weighted by molar-refractivity contribution is -0.267. The topological polar surface area (TPSA) is 73.8 Å². The van der Waals surface area contributed by atoms with Gasteiger partial charge in [-0.1, -0.05) is 171 Å². The third-order valence-electron chi connectivity index (χ3n) is 18.5. The number of fused-ring (bicyclic) bond motifs is 5. The minimum absolute atomic E-state index is 0.0496. The Morgan fingerprint density at radius 2 is 1.19 bits per heavy atom. The largest absolute Gasteiger partial charge is 0.413 e. The van der Waals surface area contributed by atoms with Crippen LogP contribution in [0.4, 0.5) is 0 Å². The van der Waals surface area contributed by atoms with Gasteiger partial charge in [0.1, 0.15) is 6.10 Å². The van der Waals surface area contributed by atoms with E-state index in [-0.39, 0.29) is 54.9 Å². The first-order chi connectivity index (χ1) is 37.6. The van der Waals surface area contributed by atoms with Crippen LogP contribution < -0.4 is 0 Å². The van der Waals surface area contributed by atoms with Crippen LogP contribution in [0, 0.1) is 11.8 Å². The second kappa shape index (κ2) is 25.3. The summed E-state index contributed by atoms with van der Waals surface area (Å²) in [6, 6.07) is 45.6. The summed E-state index contributed by atoms with van der Waals surface area (Å²) in [7, 11) is -2.13. The smallest absolute Gasteiger partial charge is 0.200 e. The van der Waals surface area contributed by atoms with Crippen molar-refractivity contribution < 1.29 is 37.6 Å². The van der Waals surface area contributed by atoms with Gasteiger partial charge in [0, 0.05) is 25.9 Å². The van der Waals surface area contributed by atoms with Gasteiger partial charge in [0.25, 0.3) is 0 Å². The van der Waals surface area contributed by atoms with Crippen molar-refractivity contribution in [1.82, 2.24) is 0 Å². The molecule has 418 valence electrons. The minimum Gasteiger partial charge on any atom is -0.413 e. The van der Waals surface area contributed by atoms with E-state index in [0.29, 0.717) is 67.9 Å². The molecule has 0 N–H and O–H groups in total. The monoisotopic (exact) mass is 1070 g/mol. The summed E-state index contributed by atoms with van der Waals surface area (Å²) in [6.45, 7) is 28.4. The molecule has 4 fully saturated rings. The average Bonchev–Trinajstić information content (AvgIpc) is 3.78. The SMILES string of the molecule is C=C1C[C@]2(C)O[C@@H]3CC[C@H](OCc4ccc5ccccc5c4)[C@@H](C[C@@H](C[C@@H]4C[C@@H](C)[C@@H]([C@@H](C)CCOCc5ccc6ccccc6c5)O4)OCc4ccc5ccccc5c4)O[C@H]3C[C@H]2O[C@H]1CO[Si](C(C)C)(C(C)C)C(C)C. The van der Waals surface area contributed by atoms with Gasteiger partial charge in [-0.05, 0) is 140 Å². The van der Waals surface area contributed by atoms with Crippen molar-refractivity contribution in [3.63, 3.8) is 0 Å². The molecule has 0 spiro atoms. The molecule has 4 heterocycles. The second-order valence-corrected chi connectivity index (χ2v) is 30.6. The standard InChI is InChI=1S/C69H90O8Si/c1-45(2)78(46(3)4,47(5)6)73-44-66-50(9)40-69(10)67(76-66)39-65-63(77-69)30-29-62(72-43-53-25-28-56-19-13-16-22-59(56)36-53)64(75-65)38-60(71-42-52-24-27-55-18-12-15-21-58(55)35-52)37-61-33-49(8)68(74-61)48(7)31-32-70-41-51-23-26-54-17-11-14-20-57(54)34-51/h11-28,34-36,45-49,60-68H,9,29-33,37-44H2,1-8,10H3/t48-,49+,60+,61-,62-,63+,64+,65-,66-,67+,68+,69-/m0/s1. The van der Waals surface area contributed by atoms with E-state index >= 15 is 0 Å². The molecule has 4 saturated heterocycles. The maximum atomic E-state index is 7.53. The summed E-state index contributed by atoms with van der Waals surface area (Å²) in [5.74, 6) is 0.759. The molecule has 0 bridgehead atoms. The average molecular weight is 1080 g/mol. The quantitative estimate of drug-likeness (QED) is 0.0378. The predicted molar refractivity (Wildman–Crippen MR) is 319 cm³/mol. The molecule has 9 heteroatoms. The molecule has 4 aliphatic rings. The van der Waals surface area contributed by atoms with Gasteiger partial charge in [0.2, 0.25) is 0 Å². The lowest BCUT2D eigenvalue weighted by atomic mass is 9.79. The lowest BCUT2D eigenvalue weighted by Gasteiger charge is -2.53. The van der Waals surface area contributed by atoms with E-state index < -0.39 is 13.9 Å². The first-order valence-electron chi connectivity index (χ1n) is 29.8. The number of rotatable bonds is 22. The molecule has 0 aliphatic carbocycles. The highest BCUT2D eigenvalue weighted by atomic mass is 28.4. The van der Waals surface area contributed by atoms with Crippen LogP contribution in [0.15, 0.2) is 140 Å². The van der Waals surface area contributed by atoms with E-state index in [1.807, 2.05) is 0 Å². The molecule has 0 radical (unpaired) electrons. The third kappa shape index (κ3) is 13.1.